The zero-order chi connectivity index (χ0) is 24.2. The molecule has 2 aromatic heterocycles. The highest BCUT2D eigenvalue weighted by atomic mass is 35.5. The van der Waals surface area contributed by atoms with Crippen molar-refractivity contribution in [2.75, 3.05) is 13.1 Å². The standard InChI is InChI=1S/C27H24Cl2N4O2/c28-22-7-6-21(16-23(22)29)25-24(19-8-12-30-13-9-19)31-26(32-25)20-10-14-33(15-11-20)27(34)35-17-18-4-2-1-3-5-18/h1-9,12-13,16,20H,10-11,14-15,17H2,(H,31,32). The first-order valence-corrected chi connectivity index (χ1v) is 12.3. The maximum atomic E-state index is 12.6. The molecule has 1 saturated heterocycles. The molecule has 0 radical (unpaired) electrons. The van der Waals surface area contributed by atoms with E-state index in [0.29, 0.717) is 23.1 Å². The number of nitrogens with one attached hydrogen (secondary N) is 1. The van der Waals surface area contributed by atoms with Gasteiger partial charge in [0, 0.05) is 42.5 Å². The molecule has 0 aliphatic carbocycles. The lowest BCUT2D eigenvalue weighted by Gasteiger charge is -2.30. The number of rotatable bonds is 5. The van der Waals surface area contributed by atoms with Gasteiger partial charge in [-0.25, -0.2) is 9.78 Å². The third-order valence-electron chi connectivity index (χ3n) is 6.23. The largest absolute Gasteiger partial charge is 0.445 e. The molecule has 1 N–H and O–H groups in total. The maximum Gasteiger partial charge on any atom is 0.410 e. The van der Waals surface area contributed by atoms with Crippen LogP contribution in [0.2, 0.25) is 10.0 Å². The first kappa shape index (κ1) is 23.4. The summed E-state index contributed by atoms with van der Waals surface area (Å²) in [6, 6.07) is 19.1. The molecule has 5 rings (SSSR count). The van der Waals surface area contributed by atoms with Crippen LogP contribution in [-0.4, -0.2) is 39.0 Å². The van der Waals surface area contributed by atoms with E-state index in [2.05, 4.69) is 9.97 Å². The number of imidazole rings is 1. The minimum Gasteiger partial charge on any atom is -0.445 e. The zero-order valence-electron chi connectivity index (χ0n) is 19.0. The highest BCUT2D eigenvalue weighted by Crippen LogP contribution is 2.36. The molecule has 178 valence electrons. The number of piperidine rings is 1. The van der Waals surface area contributed by atoms with Gasteiger partial charge in [-0.15, -0.1) is 0 Å². The first-order valence-electron chi connectivity index (χ1n) is 11.5. The Morgan fingerprint density at radius 1 is 0.971 bits per heavy atom. The molecule has 1 aliphatic rings. The number of halogens is 2. The number of aromatic amines is 1. The van der Waals surface area contributed by atoms with Gasteiger partial charge in [-0.05, 0) is 42.7 Å². The number of pyridine rings is 1. The van der Waals surface area contributed by atoms with E-state index in [1.54, 1.807) is 23.4 Å². The molecular weight excluding hydrogens is 483 g/mol. The van der Waals surface area contributed by atoms with Crippen LogP contribution in [0.3, 0.4) is 0 Å². The molecule has 0 atom stereocenters. The number of aromatic nitrogens is 3. The van der Waals surface area contributed by atoms with E-state index in [1.807, 2.05) is 54.6 Å². The molecule has 1 aliphatic heterocycles. The monoisotopic (exact) mass is 506 g/mol. The van der Waals surface area contributed by atoms with E-state index in [1.165, 1.54) is 0 Å². The van der Waals surface area contributed by atoms with Crippen molar-refractivity contribution in [2.45, 2.75) is 25.4 Å². The van der Waals surface area contributed by atoms with Crippen LogP contribution in [0.25, 0.3) is 22.5 Å². The molecule has 8 heteroatoms. The van der Waals surface area contributed by atoms with Crippen molar-refractivity contribution in [1.29, 1.82) is 0 Å². The number of carbonyl (C=O) groups is 1. The summed E-state index contributed by atoms with van der Waals surface area (Å²) >= 11 is 12.4. The summed E-state index contributed by atoms with van der Waals surface area (Å²) < 4.78 is 5.50. The fraction of sp³-hybridized carbons (Fsp3) is 0.222. The van der Waals surface area contributed by atoms with Crippen molar-refractivity contribution >= 4 is 29.3 Å². The van der Waals surface area contributed by atoms with E-state index >= 15 is 0 Å². The van der Waals surface area contributed by atoms with Crippen LogP contribution in [-0.2, 0) is 11.3 Å². The van der Waals surface area contributed by atoms with Gasteiger partial charge >= 0.3 is 6.09 Å². The normalized spacial score (nSPS) is 14.2. The van der Waals surface area contributed by atoms with Crippen molar-refractivity contribution in [2.24, 2.45) is 0 Å². The van der Waals surface area contributed by atoms with E-state index in [4.69, 9.17) is 32.9 Å². The molecular formula is C27H24Cl2N4O2. The maximum absolute atomic E-state index is 12.6. The second kappa shape index (κ2) is 10.5. The second-order valence-electron chi connectivity index (χ2n) is 8.51. The Labute approximate surface area is 213 Å². The minimum atomic E-state index is -0.277. The quantitative estimate of drug-likeness (QED) is 0.317. The first-order chi connectivity index (χ1) is 17.1. The van der Waals surface area contributed by atoms with Crippen LogP contribution >= 0.6 is 23.2 Å². The molecule has 0 unspecified atom stereocenters. The molecule has 0 bridgehead atoms. The van der Waals surface area contributed by atoms with Crippen LogP contribution in [0.5, 0.6) is 0 Å². The van der Waals surface area contributed by atoms with Crippen molar-refractivity contribution < 1.29 is 9.53 Å². The number of H-pyrrole nitrogens is 1. The van der Waals surface area contributed by atoms with Gasteiger partial charge < -0.3 is 14.6 Å². The fourth-order valence-corrected chi connectivity index (χ4v) is 4.61. The summed E-state index contributed by atoms with van der Waals surface area (Å²) in [5.74, 6) is 1.10. The van der Waals surface area contributed by atoms with Gasteiger partial charge in [0.2, 0.25) is 0 Å². The van der Waals surface area contributed by atoms with Gasteiger partial charge in [-0.1, -0.05) is 59.6 Å². The summed E-state index contributed by atoms with van der Waals surface area (Å²) in [7, 11) is 0. The summed E-state index contributed by atoms with van der Waals surface area (Å²) in [6.45, 7) is 1.51. The fourth-order valence-electron chi connectivity index (χ4n) is 4.31. The zero-order valence-corrected chi connectivity index (χ0v) is 20.5. The van der Waals surface area contributed by atoms with Crippen LogP contribution in [0.15, 0.2) is 73.1 Å². The Bertz CT molecular complexity index is 1300. The molecule has 0 spiro atoms. The predicted octanol–water partition coefficient (Wildman–Crippen LogP) is 6.96. The van der Waals surface area contributed by atoms with Gasteiger partial charge in [0.1, 0.15) is 12.4 Å². The molecule has 3 heterocycles. The van der Waals surface area contributed by atoms with E-state index in [-0.39, 0.29) is 18.6 Å². The number of likely N-dealkylation sites (tertiary alicyclic amines) is 1. The Balaban J connectivity index is 1.32. The van der Waals surface area contributed by atoms with Gasteiger partial charge in [0.25, 0.3) is 0 Å². The summed E-state index contributed by atoms with van der Waals surface area (Å²) in [4.78, 5) is 27.0. The summed E-state index contributed by atoms with van der Waals surface area (Å²) in [6.07, 6.45) is 4.82. The number of ether oxygens (including phenoxy) is 1. The van der Waals surface area contributed by atoms with Crippen LogP contribution in [0, 0.1) is 0 Å². The number of nitrogens with zero attached hydrogens (tertiary/aromatic N) is 3. The minimum absolute atomic E-state index is 0.199. The number of hydrogen-bond donors (Lipinski definition) is 1. The topological polar surface area (TPSA) is 71.1 Å². The van der Waals surface area contributed by atoms with Gasteiger partial charge in [-0.3, -0.25) is 4.98 Å². The Hall–Kier alpha value is -3.35. The Morgan fingerprint density at radius 2 is 1.71 bits per heavy atom. The van der Waals surface area contributed by atoms with Crippen LogP contribution in [0.4, 0.5) is 4.79 Å². The highest BCUT2D eigenvalue weighted by molar-refractivity contribution is 6.42. The molecule has 35 heavy (non-hydrogen) atoms. The van der Waals surface area contributed by atoms with E-state index < -0.39 is 0 Å². The van der Waals surface area contributed by atoms with Gasteiger partial charge in [-0.2, -0.15) is 0 Å². The smallest absolute Gasteiger partial charge is 0.410 e. The molecule has 1 amide bonds. The number of carbonyl (C=O) groups excluding carboxylic acids is 1. The van der Waals surface area contributed by atoms with Crippen molar-refractivity contribution in [1.82, 2.24) is 19.9 Å². The van der Waals surface area contributed by atoms with Crippen LogP contribution in [0.1, 0.15) is 30.1 Å². The van der Waals surface area contributed by atoms with Crippen molar-refractivity contribution in [3.8, 4) is 22.5 Å². The van der Waals surface area contributed by atoms with Crippen LogP contribution < -0.4 is 0 Å². The lowest BCUT2D eigenvalue weighted by molar-refractivity contribution is 0.0866. The number of benzene rings is 2. The van der Waals surface area contributed by atoms with Gasteiger partial charge in [0.15, 0.2) is 0 Å². The second-order valence-corrected chi connectivity index (χ2v) is 9.33. The molecule has 0 saturated carbocycles. The lowest BCUT2D eigenvalue weighted by atomic mass is 9.96. The lowest BCUT2D eigenvalue weighted by Crippen LogP contribution is -2.38. The number of amides is 1. The summed E-state index contributed by atoms with van der Waals surface area (Å²) in [5.41, 5.74) is 4.57. The predicted molar refractivity (Wildman–Crippen MR) is 137 cm³/mol. The molecule has 6 nitrogen and oxygen atoms in total. The van der Waals surface area contributed by atoms with E-state index in [0.717, 1.165) is 46.7 Å². The molecule has 1 fully saturated rings. The molecule has 4 aromatic rings. The molecule has 2 aromatic carbocycles. The summed E-state index contributed by atoms with van der Waals surface area (Å²) in [5, 5.41) is 0.996. The number of hydrogen-bond acceptors (Lipinski definition) is 4. The average molecular weight is 507 g/mol. The van der Waals surface area contributed by atoms with Gasteiger partial charge in [0.05, 0.1) is 21.4 Å². The SMILES string of the molecule is O=C(OCc1ccccc1)N1CCC(c2nc(-c3ccncc3)c(-c3ccc(Cl)c(Cl)c3)[nH]2)CC1. The highest BCUT2D eigenvalue weighted by Gasteiger charge is 2.28. The third kappa shape index (κ3) is 5.34. The Morgan fingerprint density at radius 3 is 2.43 bits per heavy atom. The average Bonchev–Trinajstić information content (AvgIpc) is 3.36. The van der Waals surface area contributed by atoms with Crippen molar-refractivity contribution in [3.05, 3.63) is 94.5 Å². The Kier molecular flexibility index (Phi) is 7.02. The van der Waals surface area contributed by atoms with Crippen molar-refractivity contribution in [3.63, 3.8) is 0 Å². The third-order valence-corrected chi connectivity index (χ3v) is 6.97. The van der Waals surface area contributed by atoms with E-state index in [9.17, 15) is 4.79 Å².